The molecule has 0 saturated heterocycles. The summed E-state index contributed by atoms with van der Waals surface area (Å²) >= 11 is 3.31. The van der Waals surface area contributed by atoms with Gasteiger partial charge in [0.05, 0.1) is 28.4 Å². The third-order valence-electron chi connectivity index (χ3n) is 4.09. The molecule has 27 heavy (non-hydrogen) atoms. The molecule has 0 aromatic heterocycles. The molecule has 0 radical (unpaired) electrons. The molecule has 8 heteroatoms. The van der Waals surface area contributed by atoms with Crippen LogP contribution in [0.3, 0.4) is 0 Å². The Hall–Kier alpha value is -2.66. The van der Waals surface area contributed by atoms with Gasteiger partial charge in [-0.1, -0.05) is 0 Å². The van der Waals surface area contributed by atoms with Crippen molar-refractivity contribution in [1.29, 1.82) is 5.26 Å². The Morgan fingerprint density at radius 2 is 2.07 bits per heavy atom. The second kappa shape index (κ2) is 7.92. The van der Waals surface area contributed by atoms with Crippen molar-refractivity contribution in [3.05, 3.63) is 51.5 Å². The molecule has 5 nitrogen and oxygen atoms in total. The summed E-state index contributed by atoms with van der Waals surface area (Å²) in [6, 6.07) is 7.04. The van der Waals surface area contributed by atoms with Crippen LogP contribution in [0.15, 0.2) is 28.7 Å². The van der Waals surface area contributed by atoms with E-state index in [2.05, 4.69) is 15.9 Å². The molecule has 3 rings (SSSR count). The predicted octanol–water partition coefficient (Wildman–Crippen LogP) is 3.97. The van der Waals surface area contributed by atoms with Crippen LogP contribution in [0.5, 0.6) is 11.5 Å². The van der Waals surface area contributed by atoms with Gasteiger partial charge < -0.3 is 14.4 Å². The fourth-order valence-corrected chi connectivity index (χ4v) is 3.49. The van der Waals surface area contributed by atoms with Crippen LogP contribution in [0.1, 0.15) is 18.1 Å². The van der Waals surface area contributed by atoms with Gasteiger partial charge in [0.25, 0.3) is 5.91 Å². The first kappa shape index (κ1) is 19.1. The molecule has 2 aromatic carbocycles. The van der Waals surface area contributed by atoms with Crippen molar-refractivity contribution in [1.82, 2.24) is 0 Å². The van der Waals surface area contributed by atoms with Crippen LogP contribution < -0.4 is 14.4 Å². The summed E-state index contributed by atoms with van der Waals surface area (Å²) in [5, 5.41) is 9.06. The number of nitriles is 1. The normalized spacial score (nSPS) is 12.5. The van der Waals surface area contributed by atoms with E-state index in [-0.39, 0.29) is 24.6 Å². The van der Waals surface area contributed by atoms with Crippen LogP contribution in [0.2, 0.25) is 0 Å². The van der Waals surface area contributed by atoms with E-state index in [1.54, 1.807) is 13.0 Å². The van der Waals surface area contributed by atoms with Crippen molar-refractivity contribution in [3.8, 4) is 17.6 Å². The van der Waals surface area contributed by atoms with Gasteiger partial charge in [-0.2, -0.15) is 5.26 Å². The molecule has 0 unspecified atom stereocenters. The molecule has 1 aliphatic rings. The molecule has 140 valence electrons. The summed E-state index contributed by atoms with van der Waals surface area (Å²) < 4.78 is 38.9. The Balaban J connectivity index is 1.79. The summed E-state index contributed by atoms with van der Waals surface area (Å²) in [5.74, 6) is -1.21. The Bertz CT molecular complexity index is 944. The number of rotatable bonds is 5. The van der Waals surface area contributed by atoms with Gasteiger partial charge in [-0.25, -0.2) is 8.78 Å². The molecule has 0 bridgehead atoms. The number of amides is 1. The molecule has 0 atom stereocenters. The monoisotopic (exact) mass is 436 g/mol. The van der Waals surface area contributed by atoms with E-state index >= 15 is 0 Å². The quantitative estimate of drug-likeness (QED) is 0.711. The van der Waals surface area contributed by atoms with Crippen LogP contribution in [0, 0.1) is 23.0 Å². The summed E-state index contributed by atoms with van der Waals surface area (Å²) in [7, 11) is 0. The standard InChI is InChI=1S/C19H15BrF2N2O3/c1-2-26-17-6-11(9-23)5-14(20)19(17)27-10-18(25)24-4-3-13-15(22)7-12(21)8-16(13)24/h5-8H,2-4,10H2,1H3. The fraction of sp³-hybridized carbons (Fsp3) is 0.263. The van der Waals surface area contributed by atoms with Crippen LogP contribution >= 0.6 is 15.9 Å². The van der Waals surface area contributed by atoms with Crippen LogP contribution in [0.4, 0.5) is 14.5 Å². The Kier molecular flexibility index (Phi) is 5.61. The van der Waals surface area contributed by atoms with E-state index in [4.69, 9.17) is 14.7 Å². The lowest BCUT2D eigenvalue weighted by Crippen LogP contribution is -2.33. The lowest BCUT2D eigenvalue weighted by atomic mass is 10.1. The van der Waals surface area contributed by atoms with Gasteiger partial charge in [-0.05, 0) is 41.4 Å². The van der Waals surface area contributed by atoms with E-state index in [0.717, 1.165) is 12.1 Å². The minimum absolute atomic E-state index is 0.227. The molecule has 1 aliphatic heterocycles. The van der Waals surface area contributed by atoms with E-state index < -0.39 is 17.5 Å². The molecule has 1 amide bonds. The highest BCUT2D eigenvalue weighted by Gasteiger charge is 2.28. The molecule has 1 heterocycles. The SMILES string of the molecule is CCOc1cc(C#N)cc(Br)c1OCC(=O)N1CCc2c(F)cc(F)cc21. The highest BCUT2D eigenvalue weighted by atomic mass is 79.9. The van der Waals surface area contributed by atoms with Crippen LogP contribution in [-0.2, 0) is 11.2 Å². The third kappa shape index (κ3) is 3.88. The van der Waals surface area contributed by atoms with Gasteiger partial charge in [0, 0.05) is 24.2 Å². The average Bonchev–Trinajstić information content (AvgIpc) is 3.05. The second-order valence-electron chi connectivity index (χ2n) is 5.80. The summed E-state index contributed by atoms with van der Waals surface area (Å²) in [4.78, 5) is 13.9. The van der Waals surface area contributed by atoms with Crippen molar-refractivity contribution < 1.29 is 23.0 Å². The summed E-state index contributed by atoms with van der Waals surface area (Å²) in [6.07, 6.45) is 0.317. The van der Waals surface area contributed by atoms with Gasteiger partial charge in [0.2, 0.25) is 0 Å². The highest BCUT2D eigenvalue weighted by Crippen LogP contribution is 2.37. The molecule has 0 N–H and O–H groups in total. The minimum atomic E-state index is -0.736. The van der Waals surface area contributed by atoms with Gasteiger partial charge in [-0.3, -0.25) is 4.79 Å². The first-order chi connectivity index (χ1) is 12.9. The number of nitrogens with zero attached hydrogens (tertiary/aromatic N) is 2. The first-order valence-electron chi connectivity index (χ1n) is 8.22. The van der Waals surface area contributed by atoms with E-state index in [0.29, 0.717) is 34.4 Å². The number of carbonyl (C=O) groups is 1. The number of ether oxygens (including phenoxy) is 2. The van der Waals surface area contributed by atoms with Gasteiger partial charge in [-0.15, -0.1) is 0 Å². The van der Waals surface area contributed by atoms with Gasteiger partial charge in [0.15, 0.2) is 18.1 Å². The lowest BCUT2D eigenvalue weighted by Gasteiger charge is -2.19. The molecular weight excluding hydrogens is 422 g/mol. The maximum atomic E-state index is 13.8. The lowest BCUT2D eigenvalue weighted by molar-refractivity contribution is -0.120. The number of hydrogen-bond acceptors (Lipinski definition) is 4. The maximum Gasteiger partial charge on any atom is 0.264 e. The van der Waals surface area contributed by atoms with Crippen molar-refractivity contribution in [2.45, 2.75) is 13.3 Å². The van der Waals surface area contributed by atoms with Crippen LogP contribution in [0.25, 0.3) is 0 Å². The maximum absolute atomic E-state index is 13.8. The molecule has 0 saturated carbocycles. The topological polar surface area (TPSA) is 62.6 Å². The fourth-order valence-electron chi connectivity index (χ4n) is 2.93. The minimum Gasteiger partial charge on any atom is -0.490 e. The number of hydrogen-bond donors (Lipinski definition) is 0. The molecule has 0 aliphatic carbocycles. The zero-order chi connectivity index (χ0) is 19.6. The van der Waals surface area contributed by atoms with Crippen molar-refractivity contribution in [3.63, 3.8) is 0 Å². The predicted molar refractivity (Wildman–Crippen MR) is 97.9 cm³/mol. The molecule has 0 spiro atoms. The van der Waals surface area contributed by atoms with Gasteiger partial charge in [0.1, 0.15) is 11.6 Å². The number of anilines is 1. The van der Waals surface area contributed by atoms with Gasteiger partial charge >= 0.3 is 0 Å². The van der Waals surface area contributed by atoms with Crippen LogP contribution in [-0.4, -0.2) is 25.7 Å². The zero-order valence-electron chi connectivity index (χ0n) is 14.4. The number of halogens is 3. The summed E-state index contributed by atoms with van der Waals surface area (Å²) in [5.41, 5.74) is 0.924. The van der Waals surface area contributed by atoms with E-state index in [1.807, 2.05) is 6.07 Å². The highest BCUT2D eigenvalue weighted by molar-refractivity contribution is 9.10. The Morgan fingerprint density at radius 3 is 2.78 bits per heavy atom. The number of fused-ring (bicyclic) bond motifs is 1. The smallest absolute Gasteiger partial charge is 0.264 e. The second-order valence-corrected chi connectivity index (χ2v) is 6.65. The largest absolute Gasteiger partial charge is 0.490 e. The van der Waals surface area contributed by atoms with Crippen molar-refractivity contribution >= 4 is 27.5 Å². The Labute approximate surface area is 163 Å². The number of benzene rings is 2. The molecule has 2 aromatic rings. The van der Waals surface area contributed by atoms with Crippen molar-refractivity contribution in [2.24, 2.45) is 0 Å². The van der Waals surface area contributed by atoms with Crippen molar-refractivity contribution in [2.75, 3.05) is 24.7 Å². The van der Waals surface area contributed by atoms with E-state index in [1.165, 1.54) is 11.0 Å². The molecular formula is C19H15BrF2N2O3. The number of carbonyl (C=O) groups excluding carboxylic acids is 1. The average molecular weight is 437 g/mol. The molecule has 0 fully saturated rings. The first-order valence-corrected chi connectivity index (χ1v) is 9.01. The summed E-state index contributed by atoms with van der Waals surface area (Å²) in [6.45, 7) is 2.04. The Morgan fingerprint density at radius 1 is 1.30 bits per heavy atom. The zero-order valence-corrected chi connectivity index (χ0v) is 16.0. The third-order valence-corrected chi connectivity index (χ3v) is 4.68. The van der Waals surface area contributed by atoms with E-state index in [9.17, 15) is 13.6 Å².